The molecule has 1 amide bonds. The molecular formula is C10H10ClNO4. The molecule has 1 aromatic rings. The minimum absolute atomic E-state index is 0.0964. The summed E-state index contributed by atoms with van der Waals surface area (Å²) in [4.78, 5) is 12.2. The second-order valence-corrected chi connectivity index (χ2v) is 3.86. The van der Waals surface area contributed by atoms with Crippen LogP contribution >= 0.6 is 11.6 Å². The number of rotatable bonds is 1. The first-order valence-electron chi connectivity index (χ1n) is 4.69. The van der Waals surface area contributed by atoms with Crippen LogP contribution in [-0.2, 0) is 0 Å². The molecule has 5 nitrogen and oxygen atoms in total. The van der Waals surface area contributed by atoms with Crippen molar-refractivity contribution < 1.29 is 19.7 Å². The fraction of sp³-hybridized carbons (Fsp3) is 0.300. The maximum Gasteiger partial charge on any atom is 0.412 e. The van der Waals surface area contributed by atoms with E-state index in [0.29, 0.717) is 16.5 Å². The van der Waals surface area contributed by atoms with Gasteiger partial charge in [0.1, 0.15) is 11.9 Å². The van der Waals surface area contributed by atoms with E-state index in [9.17, 15) is 4.79 Å². The number of ether oxygens (including phenoxy) is 1. The van der Waals surface area contributed by atoms with Crippen molar-refractivity contribution in [3.05, 3.63) is 23.2 Å². The molecule has 2 rings (SSSR count). The summed E-state index contributed by atoms with van der Waals surface area (Å²) >= 11 is 5.79. The molecule has 1 heterocycles. The monoisotopic (exact) mass is 243 g/mol. The second-order valence-electron chi connectivity index (χ2n) is 3.43. The standard InChI is InChI=1S/C10H10ClNO4/c11-6-1-2-9-8(3-6)12(10(14)15)4-7(5-13)16-9/h1-3,7,13H,4-5H2,(H,14,15)/t7-/m0/s1. The van der Waals surface area contributed by atoms with Crippen LogP contribution in [0, 0.1) is 0 Å². The van der Waals surface area contributed by atoms with Crippen LogP contribution in [0.2, 0.25) is 5.02 Å². The molecule has 0 bridgehead atoms. The zero-order valence-corrected chi connectivity index (χ0v) is 9.02. The SMILES string of the molecule is O=C(O)N1C[C@@H](CO)Oc2ccc(Cl)cc21. The molecular weight excluding hydrogens is 234 g/mol. The highest BCUT2D eigenvalue weighted by Gasteiger charge is 2.29. The van der Waals surface area contributed by atoms with Gasteiger partial charge in [0.25, 0.3) is 0 Å². The highest BCUT2D eigenvalue weighted by molar-refractivity contribution is 6.31. The van der Waals surface area contributed by atoms with E-state index in [2.05, 4.69) is 0 Å². The van der Waals surface area contributed by atoms with Crippen molar-refractivity contribution in [2.24, 2.45) is 0 Å². The maximum atomic E-state index is 11.0. The molecule has 1 aliphatic rings. The van der Waals surface area contributed by atoms with Crippen LogP contribution in [0.5, 0.6) is 5.75 Å². The van der Waals surface area contributed by atoms with E-state index in [1.165, 1.54) is 6.07 Å². The van der Waals surface area contributed by atoms with Crippen molar-refractivity contribution in [2.45, 2.75) is 6.10 Å². The van der Waals surface area contributed by atoms with E-state index in [4.69, 9.17) is 26.6 Å². The molecule has 0 unspecified atom stereocenters. The molecule has 0 saturated carbocycles. The van der Waals surface area contributed by atoms with Gasteiger partial charge in [-0.25, -0.2) is 4.79 Å². The normalized spacial score (nSPS) is 18.9. The summed E-state index contributed by atoms with van der Waals surface area (Å²) < 4.78 is 5.40. The lowest BCUT2D eigenvalue weighted by molar-refractivity contribution is 0.110. The van der Waals surface area contributed by atoms with Gasteiger partial charge in [-0.05, 0) is 18.2 Å². The number of hydrogen-bond acceptors (Lipinski definition) is 3. The number of nitrogens with zero attached hydrogens (tertiary/aromatic N) is 1. The molecule has 1 aliphatic heterocycles. The summed E-state index contributed by atoms with van der Waals surface area (Å²) in [6.45, 7) is -0.134. The Morgan fingerprint density at radius 1 is 1.62 bits per heavy atom. The van der Waals surface area contributed by atoms with Crippen molar-refractivity contribution in [3.63, 3.8) is 0 Å². The van der Waals surface area contributed by atoms with Gasteiger partial charge in [-0.1, -0.05) is 11.6 Å². The Hall–Kier alpha value is -1.46. The molecule has 2 N–H and O–H groups in total. The number of carboxylic acid groups (broad SMARTS) is 1. The second kappa shape index (κ2) is 4.19. The number of fused-ring (bicyclic) bond motifs is 1. The largest absolute Gasteiger partial charge is 0.484 e. The zero-order valence-electron chi connectivity index (χ0n) is 8.26. The van der Waals surface area contributed by atoms with Crippen molar-refractivity contribution in [1.82, 2.24) is 0 Å². The summed E-state index contributed by atoms with van der Waals surface area (Å²) in [5.74, 6) is 0.414. The van der Waals surface area contributed by atoms with Crippen molar-refractivity contribution in [1.29, 1.82) is 0 Å². The Morgan fingerprint density at radius 3 is 3.00 bits per heavy atom. The molecule has 0 saturated heterocycles. The van der Waals surface area contributed by atoms with Crippen LogP contribution in [0.1, 0.15) is 0 Å². The lowest BCUT2D eigenvalue weighted by Gasteiger charge is -2.32. The summed E-state index contributed by atoms with van der Waals surface area (Å²) in [5, 5.41) is 18.5. The fourth-order valence-corrected chi connectivity index (χ4v) is 1.76. The first kappa shape index (κ1) is 11.0. The van der Waals surface area contributed by atoms with E-state index in [1.807, 2.05) is 0 Å². The van der Waals surface area contributed by atoms with Crippen LogP contribution in [0.3, 0.4) is 0 Å². The number of benzene rings is 1. The number of carbonyl (C=O) groups is 1. The van der Waals surface area contributed by atoms with Crippen molar-refractivity contribution >= 4 is 23.4 Å². The maximum absolute atomic E-state index is 11.0. The highest BCUT2D eigenvalue weighted by Crippen LogP contribution is 2.35. The summed E-state index contributed by atoms with van der Waals surface area (Å²) in [6.07, 6.45) is -1.63. The minimum Gasteiger partial charge on any atom is -0.484 e. The smallest absolute Gasteiger partial charge is 0.412 e. The van der Waals surface area contributed by atoms with Crippen LogP contribution in [0.4, 0.5) is 10.5 Å². The lowest BCUT2D eigenvalue weighted by Crippen LogP contribution is -2.44. The average molecular weight is 244 g/mol. The number of halogens is 1. The van der Waals surface area contributed by atoms with Gasteiger partial charge < -0.3 is 14.9 Å². The molecule has 0 aliphatic carbocycles. The van der Waals surface area contributed by atoms with Gasteiger partial charge in [0, 0.05) is 5.02 Å². The highest BCUT2D eigenvalue weighted by atomic mass is 35.5. The Bertz CT molecular complexity index is 423. The molecule has 0 radical (unpaired) electrons. The Balaban J connectivity index is 2.42. The Labute approximate surface area is 96.8 Å². The predicted molar refractivity (Wildman–Crippen MR) is 58.3 cm³/mol. The zero-order chi connectivity index (χ0) is 11.7. The fourth-order valence-electron chi connectivity index (χ4n) is 1.60. The molecule has 86 valence electrons. The van der Waals surface area contributed by atoms with E-state index in [-0.39, 0.29) is 13.2 Å². The quantitative estimate of drug-likeness (QED) is 0.786. The average Bonchev–Trinajstić information content (AvgIpc) is 2.27. The van der Waals surface area contributed by atoms with Crippen LogP contribution < -0.4 is 9.64 Å². The Morgan fingerprint density at radius 2 is 2.38 bits per heavy atom. The van der Waals surface area contributed by atoms with Crippen LogP contribution in [0.25, 0.3) is 0 Å². The van der Waals surface area contributed by atoms with E-state index in [0.717, 1.165) is 4.90 Å². The van der Waals surface area contributed by atoms with Gasteiger partial charge in [-0.3, -0.25) is 4.90 Å². The number of hydrogen-bond donors (Lipinski definition) is 2. The van der Waals surface area contributed by atoms with E-state index < -0.39 is 12.2 Å². The molecule has 0 fully saturated rings. The number of anilines is 1. The van der Waals surface area contributed by atoms with Gasteiger partial charge in [0.15, 0.2) is 0 Å². The van der Waals surface area contributed by atoms with Crippen molar-refractivity contribution in [3.8, 4) is 5.75 Å². The molecule has 1 atom stereocenters. The molecule has 16 heavy (non-hydrogen) atoms. The van der Waals surface area contributed by atoms with Crippen LogP contribution in [0.15, 0.2) is 18.2 Å². The lowest BCUT2D eigenvalue weighted by atomic mass is 10.2. The minimum atomic E-state index is -1.09. The van der Waals surface area contributed by atoms with Crippen LogP contribution in [-0.4, -0.2) is 35.6 Å². The van der Waals surface area contributed by atoms with E-state index in [1.54, 1.807) is 12.1 Å². The third-order valence-corrected chi connectivity index (χ3v) is 2.56. The Kier molecular flexibility index (Phi) is 2.89. The first-order chi connectivity index (χ1) is 7.61. The van der Waals surface area contributed by atoms with Gasteiger partial charge in [0.05, 0.1) is 18.8 Å². The predicted octanol–water partition coefficient (Wildman–Crippen LogP) is 1.58. The molecule has 1 aromatic carbocycles. The summed E-state index contributed by atoms with van der Waals surface area (Å²) in [5.41, 5.74) is 0.407. The number of amides is 1. The van der Waals surface area contributed by atoms with Gasteiger partial charge >= 0.3 is 6.09 Å². The molecule has 0 aromatic heterocycles. The molecule has 6 heteroatoms. The van der Waals surface area contributed by atoms with E-state index >= 15 is 0 Å². The third-order valence-electron chi connectivity index (χ3n) is 2.33. The van der Waals surface area contributed by atoms with Gasteiger partial charge in [-0.15, -0.1) is 0 Å². The van der Waals surface area contributed by atoms with Gasteiger partial charge in [-0.2, -0.15) is 0 Å². The third kappa shape index (κ3) is 1.91. The summed E-state index contributed by atoms with van der Waals surface area (Å²) in [7, 11) is 0. The summed E-state index contributed by atoms with van der Waals surface area (Å²) in [6, 6.07) is 4.73. The topological polar surface area (TPSA) is 70.0 Å². The number of aliphatic hydroxyl groups is 1. The van der Waals surface area contributed by atoms with Crippen molar-refractivity contribution in [2.75, 3.05) is 18.1 Å². The molecule has 0 spiro atoms. The first-order valence-corrected chi connectivity index (χ1v) is 5.07. The number of aliphatic hydroxyl groups excluding tert-OH is 1. The van der Waals surface area contributed by atoms with Gasteiger partial charge in [0.2, 0.25) is 0 Å².